The van der Waals surface area contributed by atoms with Crippen LogP contribution in [0.2, 0.25) is 0 Å². The van der Waals surface area contributed by atoms with Crippen LogP contribution in [-0.4, -0.2) is 49.1 Å². The third kappa shape index (κ3) is 4.21. The van der Waals surface area contributed by atoms with Crippen LogP contribution in [0.25, 0.3) is 0 Å². The molecule has 2 rings (SSSR count). The Labute approximate surface area is 137 Å². The Bertz CT molecular complexity index is 547. The summed E-state index contributed by atoms with van der Waals surface area (Å²) in [7, 11) is 0. The molecule has 7 heteroatoms. The Morgan fingerprint density at radius 3 is 2.71 bits per heavy atom. The van der Waals surface area contributed by atoms with Crippen molar-refractivity contribution in [2.45, 2.75) is 17.9 Å². The summed E-state index contributed by atoms with van der Waals surface area (Å²) in [5, 5.41) is 2.73. The quantitative estimate of drug-likeness (QED) is 0.794. The number of thiol groups is 1. The summed E-state index contributed by atoms with van der Waals surface area (Å²) in [4.78, 5) is 26.9. The smallest absolute Gasteiger partial charge is 0.253 e. The summed E-state index contributed by atoms with van der Waals surface area (Å²) in [6.07, 6.45) is 0. The number of amides is 2. The van der Waals surface area contributed by atoms with E-state index < -0.39 is 6.04 Å². The largest absolute Gasteiger partial charge is 0.378 e. The summed E-state index contributed by atoms with van der Waals surface area (Å²) >= 11 is 7.55. The predicted molar refractivity (Wildman–Crippen MR) is 85.7 cm³/mol. The van der Waals surface area contributed by atoms with Gasteiger partial charge in [-0.05, 0) is 41.1 Å². The van der Waals surface area contributed by atoms with Gasteiger partial charge >= 0.3 is 0 Å². The number of nitrogens with zero attached hydrogens (tertiary/aromatic N) is 1. The molecule has 0 spiro atoms. The van der Waals surface area contributed by atoms with E-state index in [1.807, 2.05) is 0 Å². The Balaban J connectivity index is 2.01. The molecule has 0 radical (unpaired) electrons. The topological polar surface area (TPSA) is 58.6 Å². The van der Waals surface area contributed by atoms with Gasteiger partial charge in [-0.15, -0.1) is 12.6 Å². The van der Waals surface area contributed by atoms with E-state index in [1.165, 1.54) is 0 Å². The fraction of sp³-hybridized carbons (Fsp3) is 0.429. The van der Waals surface area contributed by atoms with Crippen molar-refractivity contribution in [2.75, 3.05) is 26.3 Å². The van der Waals surface area contributed by atoms with Crippen LogP contribution >= 0.6 is 28.6 Å². The van der Waals surface area contributed by atoms with Crippen molar-refractivity contribution < 1.29 is 14.3 Å². The molecule has 0 bridgehead atoms. The molecule has 1 aliphatic rings. The van der Waals surface area contributed by atoms with Crippen molar-refractivity contribution in [1.29, 1.82) is 0 Å². The molecule has 1 heterocycles. The van der Waals surface area contributed by atoms with E-state index in [4.69, 9.17) is 4.74 Å². The molecule has 21 heavy (non-hydrogen) atoms. The molecule has 1 aromatic carbocycles. The third-order valence-electron chi connectivity index (χ3n) is 3.24. The Morgan fingerprint density at radius 1 is 1.38 bits per heavy atom. The van der Waals surface area contributed by atoms with Gasteiger partial charge in [0, 0.05) is 22.5 Å². The highest BCUT2D eigenvalue weighted by molar-refractivity contribution is 9.10. The Morgan fingerprint density at radius 2 is 2.05 bits per heavy atom. The minimum absolute atomic E-state index is 0.0928. The summed E-state index contributed by atoms with van der Waals surface area (Å²) in [6.45, 7) is 3.90. The zero-order valence-corrected chi connectivity index (χ0v) is 14.1. The van der Waals surface area contributed by atoms with Gasteiger partial charge in [-0.2, -0.15) is 0 Å². The summed E-state index contributed by atoms with van der Waals surface area (Å²) < 4.78 is 5.88. The molecule has 1 fully saturated rings. The minimum Gasteiger partial charge on any atom is -0.378 e. The first-order valence-electron chi connectivity index (χ1n) is 6.65. The second-order valence-electron chi connectivity index (χ2n) is 4.80. The fourth-order valence-corrected chi connectivity index (χ4v) is 2.71. The summed E-state index contributed by atoms with van der Waals surface area (Å²) in [6, 6.07) is 4.62. The van der Waals surface area contributed by atoms with Crippen LogP contribution in [0.4, 0.5) is 0 Å². The van der Waals surface area contributed by atoms with Crippen molar-refractivity contribution >= 4 is 40.4 Å². The van der Waals surface area contributed by atoms with Crippen LogP contribution < -0.4 is 5.32 Å². The number of morpholine rings is 1. The van der Waals surface area contributed by atoms with Gasteiger partial charge < -0.3 is 15.0 Å². The Kier molecular flexibility index (Phi) is 5.66. The molecule has 1 aliphatic heterocycles. The number of halogens is 1. The van der Waals surface area contributed by atoms with Gasteiger partial charge in [-0.3, -0.25) is 9.59 Å². The first kappa shape index (κ1) is 16.3. The van der Waals surface area contributed by atoms with Crippen LogP contribution in [-0.2, 0) is 9.53 Å². The Hall–Kier alpha value is -1.05. The zero-order chi connectivity index (χ0) is 15.4. The van der Waals surface area contributed by atoms with E-state index in [2.05, 4.69) is 33.9 Å². The maximum atomic E-state index is 12.2. The van der Waals surface area contributed by atoms with Crippen LogP contribution in [0, 0.1) is 0 Å². The molecule has 2 amide bonds. The monoisotopic (exact) mass is 372 g/mol. The summed E-state index contributed by atoms with van der Waals surface area (Å²) in [5.41, 5.74) is 0.462. The molecule has 0 aromatic heterocycles. The average molecular weight is 373 g/mol. The molecule has 0 saturated carbocycles. The van der Waals surface area contributed by atoms with Crippen molar-refractivity contribution in [1.82, 2.24) is 10.2 Å². The van der Waals surface area contributed by atoms with Crippen LogP contribution in [0.1, 0.15) is 17.3 Å². The number of benzene rings is 1. The van der Waals surface area contributed by atoms with Crippen molar-refractivity contribution in [3.05, 3.63) is 28.2 Å². The number of hydrogen-bond donors (Lipinski definition) is 2. The highest BCUT2D eigenvalue weighted by atomic mass is 79.9. The lowest BCUT2D eigenvalue weighted by molar-refractivity contribution is -0.136. The molecule has 1 atom stereocenters. The lowest BCUT2D eigenvalue weighted by atomic mass is 10.2. The normalized spacial score (nSPS) is 16.4. The second kappa shape index (κ2) is 7.29. The SMILES string of the molecule is CC(NC(=O)c1cc(S)ccc1Br)C(=O)N1CCOCC1. The van der Waals surface area contributed by atoms with Crippen molar-refractivity contribution in [3.8, 4) is 0 Å². The lowest BCUT2D eigenvalue weighted by Crippen LogP contribution is -2.50. The first-order chi connectivity index (χ1) is 9.99. The highest BCUT2D eigenvalue weighted by Gasteiger charge is 2.24. The number of carbonyl (C=O) groups is 2. The number of hydrogen-bond acceptors (Lipinski definition) is 4. The van der Waals surface area contributed by atoms with E-state index in [0.717, 1.165) is 0 Å². The standard InChI is InChI=1S/C14H17BrN2O3S/c1-9(14(19)17-4-6-20-7-5-17)16-13(18)11-8-10(21)2-3-12(11)15/h2-3,8-9,21H,4-7H2,1H3,(H,16,18). The van der Waals surface area contributed by atoms with Crippen LogP contribution in [0.15, 0.2) is 27.6 Å². The average Bonchev–Trinajstić information content (AvgIpc) is 2.49. The zero-order valence-electron chi connectivity index (χ0n) is 11.6. The summed E-state index contributed by atoms with van der Waals surface area (Å²) in [5.74, 6) is -0.392. The number of rotatable bonds is 3. The predicted octanol–water partition coefficient (Wildman–Crippen LogP) is 1.71. The number of carbonyl (C=O) groups excluding carboxylic acids is 2. The van der Waals surface area contributed by atoms with Gasteiger partial charge in [0.2, 0.25) is 5.91 Å². The van der Waals surface area contributed by atoms with Gasteiger partial charge in [-0.1, -0.05) is 0 Å². The van der Waals surface area contributed by atoms with Crippen molar-refractivity contribution in [3.63, 3.8) is 0 Å². The van der Waals surface area contributed by atoms with Gasteiger partial charge in [0.05, 0.1) is 18.8 Å². The molecule has 1 N–H and O–H groups in total. The molecule has 1 aromatic rings. The van der Waals surface area contributed by atoms with E-state index in [0.29, 0.717) is 41.2 Å². The molecular formula is C14H17BrN2O3S. The molecule has 1 saturated heterocycles. The van der Waals surface area contributed by atoms with Crippen molar-refractivity contribution in [2.24, 2.45) is 0 Å². The first-order valence-corrected chi connectivity index (χ1v) is 7.89. The van der Waals surface area contributed by atoms with Gasteiger partial charge in [0.1, 0.15) is 6.04 Å². The van der Waals surface area contributed by atoms with Gasteiger partial charge in [0.15, 0.2) is 0 Å². The molecule has 0 aliphatic carbocycles. The number of nitrogens with one attached hydrogen (secondary N) is 1. The van der Waals surface area contributed by atoms with Crippen LogP contribution in [0.5, 0.6) is 0 Å². The van der Waals surface area contributed by atoms with E-state index in [9.17, 15) is 9.59 Å². The highest BCUT2D eigenvalue weighted by Crippen LogP contribution is 2.20. The third-order valence-corrected chi connectivity index (χ3v) is 4.21. The maximum Gasteiger partial charge on any atom is 0.253 e. The molecule has 114 valence electrons. The van der Waals surface area contributed by atoms with Gasteiger partial charge in [0.25, 0.3) is 5.91 Å². The molecular weight excluding hydrogens is 356 g/mol. The van der Waals surface area contributed by atoms with E-state index in [-0.39, 0.29) is 11.8 Å². The van der Waals surface area contributed by atoms with E-state index in [1.54, 1.807) is 30.0 Å². The minimum atomic E-state index is -0.578. The lowest BCUT2D eigenvalue weighted by Gasteiger charge is -2.29. The fourth-order valence-electron chi connectivity index (χ4n) is 2.08. The molecule has 5 nitrogen and oxygen atoms in total. The number of ether oxygens (including phenoxy) is 1. The van der Waals surface area contributed by atoms with Crippen LogP contribution in [0.3, 0.4) is 0 Å². The molecule has 1 unspecified atom stereocenters. The second-order valence-corrected chi connectivity index (χ2v) is 6.17. The van der Waals surface area contributed by atoms with Gasteiger partial charge in [-0.25, -0.2) is 0 Å². The maximum absolute atomic E-state index is 12.2. The van der Waals surface area contributed by atoms with E-state index >= 15 is 0 Å².